The quantitative estimate of drug-likeness (QED) is 0.640. The second-order valence-electron chi connectivity index (χ2n) is 3.68. The molecule has 0 saturated carbocycles. The Morgan fingerprint density at radius 1 is 1.55 bits per heavy atom. The number of ether oxygens (including phenoxy) is 1. The van der Waals surface area contributed by atoms with Crippen LogP contribution in [0.4, 0.5) is 5.69 Å². The molecule has 0 heterocycles. The van der Waals surface area contributed by atoms with Gasteiger partial charge in [-0.05, 0) is 18.6 Å². The van der Waals surface area contributed by atoms with E-state index in [2.05, 4.69) is 9.46 Å². The Kier molecular flexibility index (Phi) is 6.79. The zero-order chi connectivity index (χ0) is 15.1. The van der Waals surface area contributed by atoms with Gasteiger partial charge in [-0.2, -0.15) is 5.26 Å². The predicted octanol–water partition coefficient (Wildman–Crippen LogP) is 2.70. The van der Waals surface area contributed by atoms with Crippen LogP contribution in [0.1, 0.15) is 22.3 Å². The molecule has 1 rings (SSSR count). The number of carbonyl (C=O) groups excluding carboxylic acids is 1. The van der Waals surface area contributed by atoms with Crippen molar-refractivity contribution in [2.24, 2.45) is 0 Å². The number of methoxy groups -OCH3 is 1. The summed E-state index contributed by atoms with van der Waals surface area (Å²) in [6.45, 7) is 0. The topological polar surface area (TPSA) is 79.2 Å². The number of esters is 1. The van der Waals surface area contributed by atoms with E-state index < -0.39 is 17.0 Å². The number of halogens is 2. The lowest BCUT2D eigenvalue weighted by molar-refractivity contribution is 0.0601. The first-order valence-electron chi connectivity index (χ1n) is 5.56. The molecule has 0 radical (unpaired) electrons. The molecule has 20 heavy (non-hydrogen) atoms. The van der Waals surface area contributed by atoms with E-state index in [0.29, 0.717) is 23.7 Å². The van der Waals surface area contributed by atoms with E-state index in [0.717, 1.165) is 0 Å². The summed E-state index contributed by atoms with van der Waals surface area (Å²) < 4.78 is 19.0. The predicted molar refractivity (Wildman–Crippen MR) is 79.5 cm³/mol. The maximum atomic E-state index is 11.7. The largest absolute Gasteiger partial charge is 0.465 e. The fourth-order valence-corrected chi connectivity index (χ4v) is 2.80. The van der Waals surface area contributed by atoms with Gasteiger partial charge in [0.15, 0.2) is 0 Å². The van der Waals surface area contributed by atoms with Crippen LogP contribution >= 0.6 is 23.2 Å². The zero-order valence-corrected chi connectivity index (χ0v) is 12.9. The van der Waals surface area contributed by atoms with Gasteiger partial charge >= 0.3 is 5.97 Å². The molecule has 0 spiro atoms. The smallest absolute Gasteiger partial charge is 0.339 e. The third-order valence-electron chi connectivity index (χ3n) is 2.29. The Morgan fingerprint density at radius 2 is 2.25 bits per heavy atom. The maximum Gasteiger partial charge on any atom is 0.339 e. The van der Waals surface area contributed by atoms with E-state index in [9.17, 15) is 9.00 Å². The molecule has 1 unspecified atom stereocenters. The summed E-state index contributed by atoms with van der Waals surface area (Å²) >= 11 is 11.4. The fraction of sp³-hybridized carbons (Fsp3) is 0.333. The number of nitriles is 1. The average molecular weight is 335 g/mol. The molecule has 1 N–H and O–H groups in total. The summed E-state index contributed by atoms with van der Waals surface area (Å²) in [4.78, 5) is 11.6. The van der Waals surface area contributed by atoms with Crippen LogP contribution in [0.25, 0.3) is 0 Å². The molecule has 0 aliphatic carbocycles. The van der Waals surface area contributed by atoms with Crippen LogP contribution in [0.2, 0.25) is 5.02 Å². The molecule has 0 saturated heterocycles. The first-order valence-corrected chi connectivity index (χ1v) is 7.79. The number of benzene rings is 1. The van der Waals surface area contributed by atoms with Gasteiger partial charge in [0.05, 0.1) is 23.3 Å². The van der Waals surface area contributed by atoms with Crippen molar-refractivity contribution in [2.75, 3.05) is 23.5 Å². The minimum atomic E-state index is -1.35. The molecule has 0 aliphatic rings. The summed E-state index contributed by atoms with van der Waals surface area (Å²) in [7, 11) is -0.139. The Bertz CT molecular complexity index is 573. The molecule has 1 aromatic carbocycles. The average Bonchev–Trinajstić information content (AvgIpc) is 2.45. The van der Waals surface area contributed by atoms with Crippen molar-refractivity contribution in [1.82, 2.24) is 0 Å². The Morgan fingerprint density at radius 3 is 2.80 bits per heavy atom. The monoisotopic (exact) mass is 334 g/mol. The van der Waals surface area contributed by atoms with Crippen molar-refractivity contribution in [3.63, 3.8) is 0 Å². The highest BCUT2D eigenvalue weighted by Gasteiger charge is 2.16. The third-order valence-corrected chi connectivity index (χ3v) is 4.09. The molecule has 108 valence electrons. The number of nitrogens with one attached hydrogen (secondary N) is 1. The number of hydrogen-bond acceptors (Lipinski definition) is 4. The fourth-order valence-electron chi connectivity index (χ4n) is 1.39. The van der Waals surface area contributed by atoms with E-state index in [1.54, 1.807) is 0 Å². The van der Waals surface area contributed by atoms with Gasteiger partial charge in [-0.15, -0.1) is 11.6 Å². The van der Waals surface area contributed by atoms with E-state index in [4.69, 9.17) is 28.5 Å². The molecular formula is C12H12Cl2N2O3S. The van der Waals surface area contributed by atoms with Gasteiger partial charge in [-0.25, -0.2) is 9.00 Å². The van der Waals surface area contributed by atoms with E-state index in [1.807, 2.05) is 6.07 Å². The van der Waals surface area contributed by atoms with Crippen molar-refractivity contribution in [2.45, 2.75) is 6.42 Å². The highest BCUT2D eigenvalue weighted by Crippen LogP contribution is 2.26. The number of hydrogen-bond donors (Lipinski definition) is 1. The molecule has 5 nitrogen and oxygen atoms in total. The molecular weight excluding hydrogens is 323 g/mol. The maximum absolute atomic E-state index is 11.7. The summed E-state index contributed by atoms with van der Waals surface area (Å²) in [5.41, 5.74) is 0.510. The molecule has 0 bridgehead atoms. The SMILES string of the molecule is COC(=O)c1cc(NS(=O)CCCCl)cc(C#N)c1Cl. The second-order valence-corrected chi connectivity index (χ2v) is 5.74. The van der Waals surface area contributed by atoms with Gasteiger partial charge in [-0.1, -0.05) is 11.6 Å². The van der Waals surface area contributed by atoms with Crippen molar-refractivity contribution in [1.29, 1.82) is 5.26 Å². The number of rotatable bonds is 6. The second kappa shape index (κ2) is 8.10. The summed E-state index contributed by atoms with van der Waals surface area (Å²) in [6.07, 6.45) is 0.587. The van der Waals surface area contributed by atoms with Crippen LogP contribution in [0, 0.1) is 11.3 Å². The lowest BCUT2D eigenvalue weighted by atomic mass is 10.1. The van der Waals surface area contributed by atoms with Crippen LogP contribution in [0.5, 0.6) is 0 Å². The molecule has 0 amide bonds. The molecule has 1 aromatic rings. The van der Waals surface area contributed by atoms with Gasteiger partial charge in [0.1, 0.15) is 17.1 Å². The molecule has 1 atom stereocenters. The zero-order valence-electron chi connectivity index (χ0n) is 10.6. The van der Waals surface area contributed by atoms with Gasteiger partial charge in [0.2, 0.25) is 0 Å². The minimum Gasteiger partial charge on any atom is -0.465 e. The Labute approximate surface area is 129 Å². The van der Waals surface area contributed by atoms with Crippen molar-refractivity contribution in [3.8, 4) is 6.07 Å². The first kappa shape index (κ1) is 16.8. The molecule has 0 fully saturated rings. The lowest BCUT2D eigenvalue weighted by Gasteiger charge is -2.10. The van der Waals surface area contributed by atoms with Crippen LogP contribution in [0.15, 0.2) is 12.1 Å². The van der Waals surface area contributed by atoms with Crippen molar-refractivity contribution >= 4 is 45.8 Å². The summed E-state index contributed by atoms with van der Waals surface area (Å²) in [5, 5.41) is 9.00. The lowest BCUT2D eigenvalue weighted by Crippen LogP contribution is -2.11. The summed E-state index contributed by atoms with van der Waals surface area (Å²) in [5.74, 6) is 0.105. The highest BCUT2D eigenvalue weighted by molar-refractivity contribution is 7.86. The van der Waals surface area contributed by atoms with Gasteiger partial charge in [-0.3, -0.25) is 0 Å². The number of carbonyl (C=O) groups is 1. The van der Waals surface area contributed by atoms with Crippen LogP contribution in [-0.4, -0.2) is 28.9 Å². The van der Waals surface area contributed by atoms with Gasteiger partial charge in [0, 0.05) is 17.3 Å². The van der Waals surface area contributed by atoms with E-state index in [-0.39, 0.29) is 16.1 Å². The van der Waals surface area contributed by atoms with E-state index >= 15 is 0 Å². The molecule has 0 aliphatic heterocycles. The Hall–Kier alpha value is -1.29. The van der Waals surface area contributed by atoms with Crippen LogP contribution in [0.3, 0.4) is 0 Å². The van der Waals surface area contributed by atoms with Crippen LogP contribution in [-0.2, 0) is 15.7 Å². The summed E-state index contributed by atoms with van der Waals surface area (Å²) in [6, 6.07) is 4.69. The number of alkyl halides is 1. The number of anilines is 1. The number of nitrogens with zero attached hydrogens (tertiary/aromatic N) is 1. The molecule has 0 aromatic heterocycles. The van der Waals surface area contributed by atoms with Crippen LogP contribution < -0.4 is 4.72 Å². The van der Waals surface area contributed by atoms with Crippen molar-refractivity contribution < 1.29 is 13.7 Å². The third kappa shape index (κ3) is 4.37. The van der Waals surface area contributed by atoms with Crippen molar-refractivity contribution in [3.05, 3.63) is 28.3 Å². The van der Waals surface area contributed by atoms with Gasteiger partial charge in [0.25, 0.3) is 0 Å². The minimum absolute atomic E-state index is 0.0106. The molecule has 8 heteroatoms. The normalized spacial score (nSPS) is 11.5. The van der Waals surface area contributed by atoms with E-state index in [1.165, 1.54) is 19.2 Å². The van der Waals surface area contributed by atoms with Gasteiger partial charge < -0.3 is 9.46 Å². The Balaban J connectivity index is 3.06. The first-order chi connectivity index (χ1) is 9.53. The highest BCUT2D eigenvalue weighted by atomic mass is 35.5. The standard InChI is InChI=1S/C12H12Cl2N2O3S/c1-19-12(17)10-6-9(5-8(7-15)11(10)14)16-20(18)4-2-3-13/h5-6,16H,2-4H2,1H3.